The number of aryl methyl sites for hydroxylation is 1. The molecule has 0 aliphatic carbocycles. The van der Waals surface area contributed by atoms with E-state index in [1.54, 1.807) is 18.4 Å². The molecule has 118 valence electrons. The Morgan fingerprint density at radius 3 is 2.81 bits per heavy atom. The van der Waals surface area contributed by atoms with E-state index in [0.717, 1.165) is 31.6 Å². The van der Waals surface area contributed by atoms with E-state index in [4.69, 9.17) is 0 Å². The SMILES string of the molecule is CN(C)S(=O)(=O)N1CCC[C@@H](c2ncc3n2CCCC3)C1. The summed E-state index contributed by atoms with van der Waals surface area (Å²) >= 11 is 0. The standard InChI is InChI=1S/C14H24N4O2S/c1-16(2)21(19,20)17-8-5-6-12(11-17)14-15-10-13-7-3-4-9-18(13)14/h10,12H,3-9,11H2,1-2H3/t12-/m1/s1. The van der Waals surface area contributed by atoms with Crippen LogP contribution in [0.25, 0.3) is 0 Å². The molecule has 1 atom stereocenters. The minimum atomic E-state index is -3.32. The van der Waals surface area contributed by atoms with Gasteiger partial charge in [-0.2, -0.15) is 17.0 Å². The maximum absolute atomic E-state index is 12.3. The van der Waals surface area contributed by atoms with Crippen LogP contribution in [-0.4, -0.2) is 53.8 Å². The van der Waals surface area contributed by atoms with Crippen molar-refractivity contribution in [2.75, 3.05) is 27.2 Å². The predicted octanol–water partition coefficient (Wildman–Crippen LogP) is 1.21. The van der Waals surface area contributed by atoms with Crippen molar-refractivity contribution in [3.05, 3.63) is 17.7 Å². The number of nitrogens with zero attached hydrogens (tertiary/aromatic N) is 4. The van der Waals surface area contributed by atoms with E-state index in [1.807, 2.05) is 6.20 Å². The molecule has 1 aromatic heterocycles. The Balaban J connectivity index is 1.82. The van der Waals surface area contributed by atoms with E-state index in [2.05, 4.69) is 9.55 Å². The van der Waals surface area contributed by atoms with Crippen molar-refractivity contribution in [1.29, 1.82) is 0 Å². The molecule has 2 aliphatic rings. The van der Waals surface area contributed by atoms with Crippen molar-refractivity contribution < 1.29 is 8.42 Å². The zero-order valence-corrected chi connectivity index (χ0v) is 13.6. The van der Waals surface area contributed by atoms with Gasteiger partial charge in [0, 0.05) is 51.5 Å². The third kappa shape index (κ3) is 2.74. The predicted molar refractivity (Wildman–Crippen MR) is 81.3 cm³/mol. The number of rotatable bonds is 3. The molecule has 3 rings (SSSR count). The Bertz CT molecular complexity index is 608. The third-order valence-corrected chi connectivity index (χ3v) is 6.48. The fourth-order valence-electron chi connectivity index (χ4n) is 3.38. The van der Waals surface area contributed by atoms with Gasteiger partial charge >= 0.3 is 0 Å². The molecule has 1 saturated heterocycles. The summed E-state index contributed by atoms with van der Waals surface area (Å²) < 4.78 is 29.9. The highest BCUT2D eigenvalue weighted by atomic mass is 32.2. The van der Waals surface area contributed by atoms with Crippen LogP contribution in [0.1, 0.15) is 43.1 Å². The molecule has 0 aromatic carbocycles. The average Bonchev–Trinajstić information content (AvgIpc) is 2.91. The Labute approximate surface area is 126 Å². The lowest BCUT2D eigenvalue weighted by molar-refractivity contribution is 0.288. The lowest BCUT2D eigenvalue weighted by atomic mass is 9.98. The molecule has 0 unspecified atom stereocenters. The fraction of sp³-hybridized carbons (Fsp3) is 0.786. The first-order valence-corrected chi connectivity index (χ1v) is 9.11. The quantitative estimate of drug-likeness (QED) is 0.843. The second kappa shape index (κ2) is 5.70. The minimum Gasteiger partial charge on any atom is -0.332 e. The molecule has 1 aromatic rings. The second-order valence-electron chi connectivity index (χ2n) is 6.20. The van der Waals surface area contributed by atoms with Crippen molar-refractivity contribution in [3.8, 4) is 0 Å². The molecule has 0 amide bonds. The Hall–Kier alpha value is -0.920. The van der Waals surface area contributed by atoms with Crippen LogP contribution in [0.2, 0.25) is 0 Å². The van der Waals surface area contributed by atoms with Gasteiger partial charge in [-0.25, -0.2) is 4.98 Å². The fourth-order valence-corrected chi connectivity index (χ4v) is 4.57. The zero-order valence-electron chi connectivity index (χ0n) is 12.8. The van der Waals surface area contributed by atoms with E-state index < -0.39 is 10.2 Å². The summed E-state index contributed by atoms with van der Waals surface area (Å²) in [6.07, 6.45) is 7.43. The Kier molecular flexibility index (Phi) is 4.07. The van der Waals surface area contributed by atoms with Gasteiger partial charge in [-0.3, -0.25) is 0 Å². The molecule has 1 fully saturated rings. The molecule has 7 heteroatoms. The number of aromatic nitrogens is 2. The molecule has 0 N–H and O–H groups in total. The third-order valence-electron chi connectivity index (χ3n) is 4.57. The highest BCUT2D eigenvalue weighted by Gasteiger charge is 2.33. The molecule has 0 saturated carbocycles. The lowest BCUT2D eigenvalue weighted by Gasteiger charge is -2.33. The highest BCUT2D eigenvalue weighted by molar-refractivity contribution is 7.86. The summed E-state index contributed by atoms with van der Waals surface area (Å²) in [6.45, 7) is 2.20. The summed E-state index contributed by atoms with van der Waals surface area (Å²) in [7, 11) is -0.128. The summed E-state index contributed by atoms with van der Waals surface area (Å²) in [6, 6.07) is 0. The van der Waals surface area contributed by atoms with E-state index in [0.29, 0.717) is 13.1 Å². The maximum atomic E-state index is 12.3. The van der Waals surface area contributed by atoms with Crippen LogP contribution in [0.3, 0.4) is 0 Å². The first-order chi connectivity index (χ1) is 10.00. The van der Waals surface area contributed by atoms with Crippen LogP contribution in [-0.2, 0) is 23.2 Å². The van der Waals surface area contributed by atoms with Crippen molar-refractivity contribution in [3.63, 3.8) is 0 Å². The van der Waals surface area contributed by atoms with Crippen molar-refractivity contribution in [2.45, 2.75) is 44.6 Å². The number of fused-ring (bicyclic) bond motifs is 1. The zero-order chi connectivity index (χ0) is 15.0. The number of piperidine rings is 1. The lowest BCUT2D eigenvalue weighted by Crippen LogP contribution is -2.45. The molecule has 2 aliphatic heterocycles. The van der Waals surface area contributed by atoms with Gasteiger partial charge < -0.3 is 4.57 Å². The molecule has 3 heterocycles. The van der Waals surface area contributed by atoms with Gasteiger partial charge in [-0.1, -0.05) is 0 Å². The van der Waals surface area contributed by atoms with Crippen molar-refractivity contribution in [1.82, 2.24) is 18.2 Å². The topological polar surface area (TPSA) is 58.4 Å². The normalized spacial score (nSPS) is 24.2. The van der Waals surface area contributed by atoms with Gasteiger partial charge in [0.05, 0.1) is 0 Å². The summed E-state index contributed by atoms with van der Waals surface area (Å²) in [5.41, 5.74) is 1.31. The van der Waals surface area contributed by atoms with Gasteiger partial charge in [0.1, 0.15) is 5.82 Å². The monoisotopic (exact) mass is 312 g/mol. The second-order valence-corrected chi connectivity index (χ2v) is 8.35. The molecule has 6 nitrogen and oxygen atoms in total. The van der Waals surface area contributed by atoms with Gasteiger partial charge in [0.15, 0.2) is 0 Å². The van der Waals surface area contributed by atoms with E-state index in [9.17, 15) is 8.42 Å². The van der Waals surface area contributed by atoms with E-state index in [-0.39, 0.29) is 5.92 Å². The van der Waals surface area contributed by atoms with Crippen LogP contribution in [0.4, 0.5) is 0 Å². The largest absolute Gasteiger partial charge is 0.332 e. The summed E-state index contributed by atoms with van der Waals surface area (Å²) in [4.78, 5) is 4.61. The van der Waals surface area contributed by atoms with Crippen molar-refractivity contribution >= 4 is 10.2 Å². The minimum absolute atomic E-state index is 0.223. The summed E-state index contributed by atoms with van der Waals surface area (Å²) in [5, 5.41) is 0. The Morgan fingerprint density at radius 1 is 1.24 bits per heavy atom. The molecule has 0 spiro atoms. The number of hydrogen-bond donors (Lipinski definition) is 0. The maximum Gasteiger partial charge on any atom is 0.281 e. The smallest absolute Gasteiger partial charge is 0.281 e. The number of hydrogen-bond acceptors (Lipinski definition) is 3. The average molecular weight is 312 g/mol. The molecular weight excluding hydrogens is 288 g/mol. The van der Waals surface area contributed by atoms with Crippen LogP contribution in [0, 0.1) is 0 Å². The van der Waals surface area contributed by atoms with Crippen molar-refractivity contribution in [2.24, 2.45) is 0 Å². The first kappa shape index (κ1) is 15.0. The summed E-state index contributed by atoms with van der Waals surface area (Å²) in [5.74, 6) is 1.31. The van der Waals surface area contributed by atoms with Crippen LogP contribution in [0.5, 0.6) is 0 Å². The number of imidazole rings is 1. The van der Waals surface area contributed by atoms with E-state index in [1.165, 1.54) is 22.8 Å². The molecule has 21 heavy (non-hydrogen) atoms. The van der Waals surface area contributed by atoms with Gasteiger partial charge in [0.2, 0.25) is 0 Å². The molecule has 0 radical (unpaired) electrons. The van der Waals surface area contributed by atoms with Crippen LogP contribution < -0.4 is 0 Å². The first-order valence-electron chi connectivity index (χ1n) is 7.72. The van der Waals surface area contributed by atoms with Gasteiger partial charge in [0.25, 0.3) is 10.2 Å². The van der Waals surface area contributed by atoms with Gasteiger partial charge in [-0.05, 0) is 32.1 Å². The van der Waals surface area contributed by atoms with Crippen LogP contribution in [0.15, 0.2) is 6.20 Å². The Morgan fingerprint density at radius 2 is 2.05 bits per heavy atom. The van der Waals surface area contributed by atoms with E-state index >= 15 is 0 Å². The molecular formula is C14H24N4O2S. The van der Waals surface area contributed by atoms with Crippen LogP contribution >= 0.6 is 0 Å². The van der Waals surface area contributed by atoms with Gasteiger partial charge in [-0.15, -0.1) is 0 Å². The highest BCUT2D eigenvalue weighted by Crippen LogP contribution is 2.30. The molecule has 0 bridgehead atoms.